The lowest BCUT2D eigenvalue weighted by molar-refractivity contribution is -0.122. The normalized spacial score (nSPS) is 15.8. The maximum atomic E-state index is 12.7. The second-order valence-electron chi connectivity index (χ2n) is 7.03. The maximum Gasteiger partial charge on any atom is 0.346 e. The highest BCUT2D eigenvalue weighted by Gasteiger charge is 2.27. The molecule has 0 spiro atoms. The number of benzene rings is 1. The molecule has 0 atom stereocenters. The lowest BCUT2D eigenvalue weighted by Gasteiger charge is -2.30. The summed E-state index contributed by atoms with van der Waals surface area (Å²) in [4.78, 5) is 26.7. The predicted molar refractivity (Wildman–Crippen MR) is 105 cm³/mol. The van der Waals surface area contributed by atoms with E-state index in [1.54, 1.807) is 9.25 Å². The van der Waals surface area contributed by atoms with Gasteiger partial charge in [0.1, 0.15) is 5.82 Å². The Balaban J connectivity index is 1.69. The van der Waals surface area contributed by atoms with Crippen LogP contribution in [-0.2, 0) is 17.9 Å². The van der Waals surface area contributed by atoms with E-state index in [1.165, 1.54) is 0 Å². The number of carbonyl (C=O) groups excluding carboxylic acids is 1. The molecule has 1 fully saturated rings. The van der Waals surface area contributed by atoms with Gasteiger partial charge in [0.2, 0.25) is 5.91 Å². The lowest BCUT2D eigenvalue weighted by Crippen LogP contribution is -2.41. The molecule has 7 nitrogen and oxygen atoms in total. The number of rotatable bonds is 7. The number of likely N-dealkylation sites (N-methyl/N-ethyl adjacent to an activating group) is 1. The maximum absolute atomic E-state index is 12.7. The van der Waals surface area contributed by atoms with Crippen LogP contribution in [0.1, 0.15) is 44.0 Å². The van der Waals surface area contributed by atoms with Crippen molar-refractivity contribution in [3.05, 3.63) is 52.2 Å². The van der Waals surface area contributed by atoms with E-state index in [4.69, 9.17) is 0 Å². The molecule has 0 radical (unpaired) electrons. The third-order valence-electron chi connectivity index (χ3n) is 5.14. The molecule has 146 valence electrons. The highest BCUT2D eigenvalue weighted by molar-refractivity contribution is 5.77. The molecular weight excluding hydrogens is 342 g/mol. The Bertz CT molecular complexity index is 804. The van der Waals surface area contributed by atoms with Gasteiger partial charge in [-0.15, -0.1) is 0 Å². The van der Waals surface area contributed by atoms with Crippen LogP contribution in [0.4, 0.5) is 0 Å². The fraction of sp³-hybridized carbons (Fsp3) is 0.550. The summed E-state index contributed by atoms with van der Waals surface area (Å²) in [5.74, 6) is 1.23. The van der Waals surface area contributed by atoms with E-state index < -0.39 is 0 Å². The van der Waals surface area contributed by atoms with E-state index in [1.807, 2.05) is 44.2 Å². The van der Waals surface area contributed by atoms with Crippen LogP contribution in [0.5, 0.6) is 0 Å². The van der Waals surface area contributed by atoms with E-state index in [-0.39, 0.29) is 17.5 Å². The van der Waals surface area contributed by atoms with Crippen molar-refractivity contribution in [2.75, 3.05) is 26.2 Å². The third kappa shape index (κ3) is 4.66. The number of hydrogen-bond donors (Lipinski definition) is 1. The summed E-state index contributed by atoms with van der Waals surface area (Å²) in [5, 5.41) is 7.53. The highest BCUT2D eigenvalue weighted by Crippen LogP contribution is 2.26. The summed E-state index contributed by atoms with van der Waals surface area (Å²) < 4.78 is 3.38. The van der Waals surface area contributed by atoms with Gasteiger partial charge in [-0.25, -0.2) is 9.48 Å². The number of amides is 1. The van der Waals surface area contributed by atoms with Gasteiger partial charge in [0.05, 0.1) is 13.1 Å². The van der Waals surface area contributed by atoms with E-state index >= 15 is 0 Å². The number of piperidine rings is 1. The quantitative estimate of drug-likeness (QED) is 0.799. The standard InChI is InChI=1S/C20H29N5O2/c1-3-21-18(26)15-23-12-10-17(11-13-23)19-22-25(20(27)24(19)4-2)14-16-8-6-5-7-9-16/h5-9,17H,3-4,10-15H2,1-2H3,(H,21,26). The summed E-state index contributed by atoms with van der Waals surface area (Å²) in [6.07, 6.45) is 1.84. The number of likely N-dealkylation sites (tertiary alicyclic amines) is 1. The van der Waals surface area contributed by atoms with Crippen LogP contribution in [0.15, 0.2) is 35.1 Å². The minimum atomic E-state index is -0.0406. The zero-order valence-electron chi connectivity index (χ0n) is 16.2. The van der Waals surface area contributed by atoms with Crippen LogP contribution in [-0.4, -0.2) is 51.3 Å². The van der Waals surface area contributed by atoms with Gasteiger partial charge in [-0.3, -0.25) is 14.3 Å². The summed E-state index contributed by atoms with van der Waals surface area (Å²) in [5.41, 5.74) is 1.03. The molecule has 1 aromatic heterocycles. The second kappa shape index (κ2) is 8.99. The van der Waals surface area contributed by atoms with Gasteiger partial charge in [0, 0.05) is 19.0 Å². The van der Waals surface area contributed by atoms with Gasteiger partial charge in [0.25, 0.3) is 0 Å². The minimum Gasteiger partial charge on any atom is -0.355 e. The zero-order chi connectivity index (χ0) is 19.2. The first-order valence-corrected chi connectivity index (χ1v) is 9.82. The molecule has 7 heteroatoms. The van der Waals surface area contributed by atoms with Crippen LogP contribution in [0, 0.1) is 0 Å². The van der Waals surface area contributed by atoms with Crippen molar-refractivity contribution in [3.63, 3.8) is 0 Å². The molecule has 27 heavy (non-hydrogen) atoms. The topological polar surface area (TPSA) is 72.2 Å². The number of nitrogens with one attached hydrogen (secondary N) is 1. The third-order valence-corrected chi connectivity index (χ3v) is 5.14. The molecule has 3 rings (SSSR count). The van der Waals surface area contributed by atoms with Crippen molar-refractivity contribution in [2.24, 2.45) is 0 Å². The number of nitrogens with zero attached hydrogens (tertiary/aromatic N) is 4. The van der Waals surface area contributed by atoms with Crippen LogP contribution in [0.3, 0.4) is 0 Å². The predicted octanol–water partition coefficient (Wildman–Crippen LogP) is 1.43. The molecule has 0 saturated carbocycles. The molecule has 0 unspecified atom stereocenters. The van der Waals surface area contributed by atoms with Gasteiger partial charge in [-0.05, 0) is 45.3 Å². The van der Waals surface area contributed by atoms with Gasteiger partial charge in [0.15, 0.2) is 0 Å². The number of aromatic nitrogens is 3. The Kier molecular flexibility index (Phi) is 6.45. The van der Waals surface area contributed by atoms with E-state index in [2.05, 4.69) is 15.3 Å². The monoisotopic (exact) mass is 371 g/mol. The molecule has 0 bridgehead atoms. The van der Waals surface area contributed by atoms with E-state index in [0.29, 0.717) is 26.2 Å². The summed E-state index contributed by atoms with van der Waals surface area (Å²) in [6, 6.07) is 9.94. The molecule has 1 saturated heterocycles. The molecule has 2 heterocycles. The highest BCUT2D eigenvalue weighted by atomic mass is 16.2. The van der Waals surface area contributed by atoms with Gasteiger partial charge in [-0.2, -0.15) is 5.10 Å². The first-order valence-electron chi connectivity index (χ1n) is 9.82. The van der Waals surface area contributed by atoms with Gasteiger partial charge >= 0.3 is 5.69 Å². The van der Waals surface area contributed by atoms with Crippen LogP contribution in [0.25, 0.3) is 0 Å². The molecule has 1 aliphatic heterocycles. The summed E-state index contributed by atoms with van der Waals surface area (Å²) >= 11 is 0. The zero-order valence-corrected chi connectivity index (χ0v) is 16.2. The second-order valence-corrected chi connectivity index (χ2v) is 7.03. The first kappa shape index (κ1) is 19.4. The number of hydrogen-bond acceptors (Lipinski definition) is 4. The van der Waals surface area contributed by atoms with E-state index in [9.17, 15) is 9.59 Å². The molecule has 2 aromatic rings. The van der Waals surface area contributed by atoms with Crippen molar-refractivity contribution < 1.29 is 4.79 Å². The van der Waals surface area contributed by atoms with Crippen LogP contribution >= 0.6 is 0 Å². The van der Waals surface area contributed by atoms with Gasteiger partial charge in [-0.1, -0.05) is 30.3 Å². The summed E-state index contributed by atoms with van der Waals surface area (Å²) in [7, 11) is 0. The largest absolute Gasteiger partial charge is 0.355 e. The summed E-state index contributed by atoms with van der Waals surface area (Å²) in [6.45, 7) is 7.86. The Hall–Kier alpha value is -2.41. The van der Waals surface area contributed by atoms with Crippen molar-refractivity contribution in [3.8, 4) is 0 Å². The smallest absolute Gasteiger partial charge is 0.346 e. The Morgan fingerprint density at radius 1 is 1.19 bits per heavy atom. The molecule has 0 aliphatic carbocycles. The van der Waals surface area contributed by atoms with Crippen LogP contribution in [0.2, 0.25) is 0 Å². The average Bonchev–Trinajstić information content (AvgIpc) is 2.99. The SMILES string of the molecule is CCNC(=O)CN1CCC(c2nn(Cc3ccccc3)c(=O)n2CC)CC1. The Morgan fingerprint density at radius 3 is 2.52 bits per heavy atom. The Labute approximate surface area is 160 Å². The molecule has 1 aliphatic rings. The van der Waals surface area contributed by atoms with Gasteiger partial charge < -0.3 is 5.32 Å². The molecule has 1 aromatic carbocycles. The minimum absolute atomic E-state index is 0.0406. The molecule has 1 amide bonds. The fourth-order valence-corrected chi connectivity index (χ4v) is 3.72. The van der Waals surface area contributed by atoms with Crippen molar-refractivity contribution >= 4 is 5.91 Å². The Morgan fingerprint density at radius 2 is 1.89 bits per heavy atom. The average molecular weight is 371 g/mol. The van der Waals surface area contributed by atoms with Crippen molar-refractivity contribution in [1.82, 2.24) is 24.6 Å². The van der Waals surface area contributed by atoms with Crippen molar-refractivity contribution in [1.29, 1.82) is 0 Å². The van der Waals surface area contributed by atoms with E-state index in [0.717, 1.165) is 37.3 Å². The van der Waals surface area contributed by atoms with Crippen molar-refractivity contribution in [2.45, 2.75) is 45.7 Å². The number of carbonyl (C=O) groups is 1. The first-order chi connectivity index (χ1) is 13.1. The fourth-order valence-electron chi connectivity index (χ4n) is 3.72. The molecule has 1 N–H and O–H groups in total. The lowest BCUT2D eigenvalue weighted by atomic mass is 9.96. The van der Waals surface area contributed by atoms with Crippen LogP contribution < -0.4 is 11.0 Å². The molecular formula is C20H29N5O2.